The van der Waals surface area contributed by atoms with Gasteiger partial charge >= 0.3 is 0 Å². The summed E-state index contributed by atoms with van der Waals surface area (Å²) >= 11 is 5.90. The lowest BCUT2D eigenvalue weighted by Crippen LogP contribution is -2.43. The predicted molar refractivity (Wildman–Crippen MR) is 125 cm³/mol. The van der Waals surface area contributed by atoms with Crippen LogP contribution in [0.25, 0.3) is 0 Å². The van der Waals surface area contributed by atoms with Gasteiger partial charge in [0.25, 0.3) is 5.91 Å². The average Bonchev–Trinajstić information content (AvgIpc) is 2.85. The zero-order valence-electron chi connectivity index (χ0n) is 19.1. The molecule has 9 nitrogen and oxygen atoms in total. The lowest BCUT2D eigenvalue weighted by atomic mass is 9.99. The molecule has 34 heavy (non-hydrogen) atoms. The first kappa shape index (κ1) is 27.7. The number of hydrogen-bond acceptors (Lipinski definition) is 7. The van der Waals surface area contributed by atoms with Crippen molar-refractivity contribution in [1.29, 1.82) is 0 Å². The Labute approximate surface area is 204 Å². The molecule has 10 heteroatoms. The first-order valence-electron chi connectivity index (χ1n) is 10.8. The maximum Gasteiger partial charge on any atom is 0.251 e. The number of carbonyl (C=O) groups is 2. The van der Waals surface area contributed by atoms with E-state index in [-0.39, 0.29) is 32.3 Å². The van der Waals surface area contributed by atoms with E-state index in [2.05, 4.69) is 5.32 Å². The van der Waals surface area contributed by atoms with Gasteiger partial charge in [-0.2, -0.15) is 0 Å². The molecular formula is C24H31ClN2O7. The van der Waals surface area contributed by atoms with Gasteiger partial charge in [-0.3, -0.25) is 14.8 Å². The highest BCUT2D eigenvalue weighted by molar-refractivity contribution is 6.30. The molecule has 0 bridgehead atoms. The van der Waals surface area contributed by atoms with E-state index in [9.17, 15) is 14.8 Å². The Kier molecular flexibility index (Phi) is 13.2. The zero-order chi connectivity index (χ0) is 24.6. The smallest absolute Gasteiger partial charge is 0.251 e. The van der Waals surface area contributed by atoms with Crippen LogP contribution in [0.3, 0.4) is 0 Å². The normalized spacial score (nSPS) is 12.7. The van der Waals surface area contributed by atoms with Crippen molar-refractivity contribution in [2.24, 2.45) is 5.92 Å². The number of hydroxylamine groups is 1. The van der Waals surface area contributed by atoms with Crippen LogP contribution in [0, 0.1) is 5.92 Å². The summed E-state index contributed by atoms with van der Waals surface area (Å²) < 4.78 is 21.4. The van der Waals surface area contributed by atoms with E-state index in [0.29, 0.717) is 30.4 Å². The fourth-order valence-corrected chi connectivity index (χ4v) is 3.19. The van der Waals surface area contributed by atoms with Crippen molar-refractivity contribution in [3.05, 3.63) is 70.7 Å². The molecule has 2 aromatic rings. The third-order valence-corrected chi connectivity index (χ3v) is 5.09. The van der Waals surface area contributed by atoms with Crippen LogP contribution >= 0.6 is 11.6 Å². The molecule has 3 N–H and O–H groups in total. The Balaban J connectivity index is 1.99. The van der Waals surface area contributed by atoms with Gasteiger partial charge in [-0.25, -0.2) is 5.48 Å². The van der Waals surface area contributed by atoms with Gasteiger partial charge in [0.05, 0.1) is 45.0 Å². The zero-order valence-corrected chi connectivity index (χ0v) is 19.8. The standard InChI is InChI=1S/C24H31ClN2O7/c1-31-11-12-32-17-34-16-22(26-23(28)19-7-9-21(25)10-8-19)13-20(24(29)27-30)15-33-14-18-5-3-2-4-6-18/h2-10,20,22,30H,11-17H2,1H3,(H,26,28)(H,27,29)/t20-,22+/m1/s1. The first-order valence-corrected chi connectivity index (χ1v) is 11.2. The van der Waals surface area contributed by atoms with E-state index in [1.54, 1.807) is 36.9 Å². The summed E-state index contributed by atoms with van der Waals surface area (Å²) in [6.45, 7) is 1.22. The van der Waals surface area contributed by atoms with Crippen LogP contribution in [-0.4, -0.2) is 63.4 Å². The quantitative estimate of drug-likeness (QED) is 0.142. The summed E-state index contributed by atoms with van der Waals surface area (Å²) in [5.74, 6) is -1.70. The van der Waals surface area contributed by atoms with Gasteiger partial charge < -0.3 is 24.3 Å². The molecule has 0 aliphatic carbocycles. The highest BCUT2D eigenvalue weighted by atomic mass is 35.5. The number of carbonyl (C=O) groups excluding carboxylic acids is 2. The number of nitrogens with one attached hydrogen (secondary N) is 2. The highest BCUT2D eigenvalue weighted by Gasteiger charge is 2.25. The monoisotopic (exact) mass is 494 g/mol. The molecule has 0 heterocycles. The maximum atomic E-state index is 12.7. The first-order chi connectivity index (χ1) is 16.5. The van der Waals surface area contributed by atoms with Gasteiger partial charge in [-0.15, -0.1) is 0 Å². The molecule has 2 atom stereocenters. The molecule has 2 aromatic carbocycles. The second-order valence-electron chi connectivity index (χ2n) is 7.48. The second-order valence-corrected chi connectivity index (χ2v) is 7.91. The van der Waals surface area contributed by atoms with Gasteiger partial charge in [0.2, 0.25) is 5.91 Å². The van der Waals surface area contributed by atoms with Gasteiger partial charge in [-0.05, 0) is 36.2 Å². The molecule has 2 rings (SSSR count). The minimum Gasteiger partial charge on any atom is -0.382 e. The van der Waals surface area contributed by atoms with E-state index < -0.39 is 17.9 Å². The van der Waals surface area contributed by atoms with Crippen molar-refractivity contribution in [1.82, 2.24) is 10.8 Å². The van der Waals surface area contributed by atoms with E-state index in [1.165, 1.54) is 0 Å². The number of ether oxygens (including phenoxy) is 4. The van der Waals surface area contributed by atoms with Gasteiger partial charge in [0, 0.05) is 17.7 Å². The largest absolute Gasteiger partial charge is 0.382 e. The van der Waals surface area contributed by atoms with Crippen LogP contribution < -0.4 is 10.8 Å². The lowest BCUT2D eigenvalue weighted by Gasteiger charge is -2.23. The van der Waals surface area contributed by atoms with Crippen LogP contribution in [0.15, 0.2) is 54.6 Å². The lowest BCUT2D eigenvalue weighted by molar-refractivity contribution is -0.136. The number of hydrogen-bond donors (Lipinski definition) is 3. The Morgan fingerprint density at radius 1 is 0.971 bits per heavy atom. The van der Waals surface area contributed by atoms with Gasteiger partial charge in [0.1, 0.15) is 6.79 Å². The number of amides is 2. The van der Waals surface area contributed by atoms with Gasteiger partial charge in [0.15, 0.2) is 0 Å². The summed E-state index contributed by atoms with van der Waals surface area (Å²) in [6, 6.07) is 15.4. The molecule has 186 valence electrons. The summed E-state index contributed by atoms with van der Waals surface area (Å²) in [5, 5.41) is 12.6. The highest BCUT2D eigenvalue weighted by Crippen LogP contribution is 2.13. The summed E-state index contributed by atoms with van der Waals surface area (Å²) in [4.78, 5) is 25.0. The number of halogens is 1. The van der Waals surface area contributed by atoms with Crippen LogP contribution in [0.5, 0.6) is 0 Å². The van der Waals surface area contributed by atoms with E-state index >= 15 is 0 Å². The molecule has 0 unspecified atom stereocenters. The van der Waals surface area contributed by atoms with E-state index in [4.69, 9.17) is 30.5 Å². The minimum atomic E-state index is -0.734. The molecule has 0 saturated carbocycles. The van der Waals surface area contributed by atoms with Gasteiger partial charge in [-0.1, -0.05) is 41.9 Å². The molecule has 0 spiro atoms. The Morgan fingerprint density at radius 3 is 2.38 bits per heavy atom. The molecule has 0 aliphatic heterocycles. The minimum absolute atomic E-state index is 0.00194. The maximum absolute atomic E-state index is 12.7. The topological polar surface area (TPSA) is 115 Å². The van der Waals surface area contributed by atoms with Crippen LogP contribution in [0.2, 0.25) is 5.02 Å². The van der Waals surface area contributed by atoms with Crippen molar-refractivity contribution in [3.63, 3.8) is 0 Å². The summed E-state index contributed by atoms with van der Waals surface area (Å²) in [6.07, 6.45) is 0.165. The fourth-order valence-electron chi connectivity index (χ4n) is 3.07. The second kappa shape index (κ2) is 16.2. The van der Waals surface area contributed by atoms with E-state index in [0.717, 1.165) is 5.56 Å². The molecule has 0 aromatic heterocycles. The number of benzene rings is 2. The molecule has 0 fully saturated rings. The van der Waals surface area contributed by atoms with Crippen LogP contribution in [-0.2, 0) is 30.3 Å². The molecule has 0 radical (unpaired) electrons. The van der Waals surface area contributed by atoms with Crippen molar-refractivity contribution >= 4 is 23.4 Å². The molecule has 2 amide bonds. The van der Waals surface area contributed by atoms with Crippen molar-refractivity contribution in [2.75, 3.05) is 40.3 Å². The third kappa shape index (κ3) is 10.6. The van der Waals surface area contributed by atoms with Crippen molar-refractivity contribution in [2.45, 2.75) is 19.1 Å². The Morgan fingerprint density at radius 2 is 1.71 bits per heavy atom. The Hall–Kier alpha value is -2.53. The molecular weight excluding hydrogens is 464 g/mol. The van der Waals surface area contributed by atoms with Crippen LogP contribution in [0.4, 0.5) is 0 Å². The predicted octanol–water partition coefficient (Wildman–Crippen LogP) is 2.80. The summed E-state index contributed by atoms with van der Waals surface area (Å²) in [5.41, 5.74) is 3.04. The average molecular weight is 495 g/mol. The number of rotatable bonds is 16. The van der Waals surface area contributed by atoms with Crippen molar-refractivity contribution in [3.8, 4) is 0 Å². The molecule has 0 saturated heterocycles. The third-order valence-electron chi connectivity index (χ3n) is 4.84. The molecule has 0 aliphatic rings. The Bertz CT molecular complexity index is 852. The van der Waals surface area contributed by atoms with E-state index in [1.807, 2.05) is 30.3 Å². The van der Waals surface area contributed by atoms with Crippen LogP contribution in [0.1, 0.15) is 22.3 Å². The fraction of sp³-hybridized carbons (Fsp3) is 0.417. The number of methoxy groups -OCH3 is 1. The van der Waals surface area contributed by atoms with Crippen molar-refractivity contribution < 1.29 is 33.7 Å². The summed E-state index contributed by atoms with van der Waals surface area (Å²) in [7, 11) is 1.57. The SMILES string of the molecule is COCCOCOC[C@H](C[C@H](COCc1ccccc1)C(=O)NO)NC(=O)c1ccc(Cl)cc1.